The predicted molar refractivity (Wildman–Crippen MR) is 76.1 cm³/mol. The van der Waals surface area contributed by atoms with E-state index in [2.05, 4.69) is 34.0 Å². The van der Waals surface area contributed by atoms with Gasteiger partial charge in [0.25, 0.3) is 0 Å². The number of rotatable bonds is 4. The SMILES string of the molecule is CCC(C)Nc1nccc(N2CCCCCC2)n1. The van der Waals surface area contributed by atoms with Gasteiger partial charge in [-0.3, -0.25) is 0 Å². The molecule has 1 atom stereocenters. The minimum absolute atomic E-state index is 0.421. The van der Waals surface area contributed by atoms with E-state index < -0.39 is 0 Å². The van der Waals surface area contributed by atoms with E-state index in [0.29, 0.717) is 6.04 Å². The molecule has 1 N–H and O–H groups in total. The van der Waals surface area contributed by atoms with Crippen molar-refractivity contribution in [3.05, 3.63) is 12.3 Å². The molecular weight excluding hydrogens is 224 g/mol. The minimum Gasteiger partial charge on any atom is -0.356 e. The highest BCUT2D eigenvalue weighted by atomic mass is 15.2. The molecule has 0 amide bonds. The van der Waals surface area contributed by atoms with Gasteiger partial charge in [0.2, 0.25) is 5.95 Å². The molecule has 2 heterocycles. The summed E-state index contributed by atoms with van der Waals surface area (Å²) in [5.74, 6) is 1.82. The Hall–Kier alpha value is -1.32. The van der Waals surface area contributed by atoms with E-state index >= 15 is 0 Å². The van der Waals surface area contributed by atoms with Gasteiger partial charge in [0.1, 0.15) is 5.82 Å². The van der Waals surface area contributed by atoms with Gasteiger partial charge >= 0.3 is 0 Å². The number of nitrogens with zero attached hydrogens (tertiary/aromatic N) is 3. The van der Waals surface area contributed by atoms with E-state index in [4.69, 9.17) is 0 Å². The molecule has 1 aliphatic rings. The van der Waals surface area contributed by atoms with Gasteiger partial charge < -0.3 is 10.2 Å². The Morgan fingerprint density at radius 2 is 2.00 bits per heavy atom. The van der Waals surface area contributed by atoms with Gasteiger partial charge in [0.15, 0.2) is 0 Å². The van der Waals surface area contributed by atoms with Crippen LogP contribution >= 0.6 is 0 Å². The summed E-state index contributed by atoms with van der Waals surface area (Å²) in [6.07, 6.45) is 8.19. The van der Waals surface area contributed by atoms with Crippen molar-refractivity contribution in [2.45, 2.75) is 52.0 Å². The molecule has 0 saturated carbocycles. The third-order valence-corrected chi connectivity index (χ3v) is 3.56. The van der Waals surface area contributed by atoms with Crippen molar-refractivity contribution in [3.63, 3.8) is 0 Å². The van der Waals surface area contributed by atoms with Crippen LogP contribution in [-0.2, 0) is 0 Å². The zero-order chi connectivity index (χ0) is 12.8. The Kier molecular flexibility index (Phi) is 4.79. The van der Waals surface area contributed by atoms with Crippen LogP contribution in [0.25, 0.3) is 0 Å². The molecule has 0 spiro atoms. The summed E-state index contributed by atoms with van der Waals surface area (Å²) in [5, 5.41) is 3.34. The standard InChI is InChI=1S/C14H24N4/c1-3-12(2)16-14-15-9-8-13(17-14)18-10-6-4-5-7-11-18/h8-9,12H,3-7,10-11H2,1-2H3,(H,15,16,17). The van der Waals surface area contributed by atoms with Gasteiger partial charge in [-0.15, -0.1) is 0 Å². The fraction of sp³-hybridized carbons (Fsp3) is 0.714. The van der Waals surface area contributed by atoms with Crippen LogP contribution in [0.2, 0.25) is 0 Å². The normalized spacial score (nSPS) is 18.2. The van der Waals surface area contributed by atoms with Gasteiger partial charge in [0, 0.05) is 25.3 Å². The number of hydrogen-bond acceptors (Lipinski definition) is 4. The van der Waals surface area contributed by atoms with Crippen LogP contribution in [0, 0.1) is 0 Å². The summed E-state index contributed by atoms with van der Waals surface area (Å²) in [6, 6.07) is 2.44. The largest absolute Gasteiger partial charge is 0.356 e. The number of hydrogen-bond donors (Lipinski definition) is 1. The van der Waals surface area contributed by atoms with Crippen LogP contribution in [0.5, 0.6) is 0 Å². The quantitative estimate of drug-likeness (QED) is 0.889. The molecule has 0 bridgehead atoms. The maximum Gasteiger partial charge on any atom is 0.224 e. The second-order valence-electron chi connectivity index (χ2n) is 5.09. The average molecular weight is 248 g/mol. The summed E-state index contributed by atoms with van der Waals surface area (Å²) < 4.78 is 0. The second kappa shape index (κ2) is 6.57. The van der Waals surface area contributed by atoms with Crippen LogP contribution in [-0.4, -0.2) is 29.1 Å². The van der Waals surface area contributed by atoms with Crippen molar-refractivity contribution >= 4 is 11.8 Å². The van der Waals surface area contributed by atoms with Gasteiger partial charge in [0.05, 0.1) is 0 Å². The van der Waals surface area contributed by atoms with Crippen molar-refractivity contribution < 1.29 is 0 Å². The predicted octanol–water partition coefficient (Wildman–Crippen LogP) is 3.07. The van der Waals surface area contributed by atoms with E-state index in [0.717, 1.165) is 31.3 Å². The van der Waals surface area contributed by atoms with Gasteiger partial charge in [-0.05, 0) is 32.3 Å². The summed E-state index contributed by atoms with van der Waals surface area (Å²) in [6.45, 7) is 6.57. The number of anilines is 2. The monoisotopic (exact) mass is 248 g/mol. The first-order valence-corrected chi connectivity index (χ1v) is 7.14. The Labute approximate surface area is 110 Å². The number of nitrogens with one attached hydrogen (secondary N) is 1. The van der Waals surface area contributed by atoms with Crippen molar-refractivity contribution in [3.8, 4) is 0 Å². The smallest absolute Gasteiger partial charge is 0.224 e. The Morgan fingerprint density at radius 3 is 2.67 bits per heavy atom. The molecule has 0 aromatic carbocycles. The molecule has 4 heteroatoms. The van der Waals surface area contributed by atoms with Crippen molar-refractivity contribution in [2.75, 3.05) is 23.3 Å². The molecule has 100 valence electrons. The van der Waals surface area contributed by atoms with Crippen molar-refractivity contribution in [1.82, 2.24) is 9.97 Å². The zero-order valence-corrected chi connectivity index (χ0v) is 11.5. The van der Waals surface area contributed by atoms with Gasteiger partial charge in [-0.2, -0.15) is 4.98 Å². The molecule has 2 rings (SSSR count). The van der Waals surface area contributed by atoms with E-state index in [1.165, 1.54) is 25.7 Å². The topological polar surface area (TPSA) is 41.1 Å². The lowest BCUT2D eigenvalue weighted by atomic mass is 10.2. The average Bonchev–Trinajstić information content (AvgIpc) is 2.68. The first kappa shape index (κ1) is 13.1. The Morgan fingerprint density at radius 1 is 1.28 bits per heavy atom. The Balaban J connectivity index is 2.05. The fourth-order valence-electron chi connectivity index (χ4n) is 2.22. The Bertz CT molecular complexity index is 359. The van der Waals surface area contributed by atoms with Crippen LogP contribution in [0.15, 0.2) is 12.3 Å². The van der Waals surface area contributed by atoms with E-state index in [-0.39, 0.29) is 0 Å². The maximum absolute atomic E-state index is 4.63. The molecule has 18 heavy (non-hydrogen) atoms. The highest BCUT2D eigenvalue weighted by Gasteiger charge is 2.12. The van der Waals surface area contributed by atoms with Crippen LogP contribution in [0.1, 0.15) is 46.0 Å². The maximum atomic E-state index is 4.63. The molecule has 1 saturated heterocycles. The summed E-state index contributed by atoms with van der Waals surface area (Å²) in [7, 11) is 0. The van der Waals surface area contributed by atoms with Crippen LogP contribution in [0.3, 0.4) is 0 Å². The number of aromatic nitrogens is 2. The molecular formula is C14H24N4. The lowest BCUT2D eigenvalue weighted by molar-refractivity contribution is 0.726. The third-order valence-electron chi connectivity index (χ3n) is 3.56. The minimum atomic E-state index is 0.421. The lowest BCUT2D eigenvalue weighted by Crippen LogP contribution is -2.25. The summed E-state index contributed by atoms with van der Waals surface area (Å²) >= 11 is 0. The van der Waals surface area contributed by atoms with Crippen molar-refractivity contribution in [2.24, 2.45) is 0 Å². The van der Waals surface area contributed by atoms with E-state index in [9.17, 15) is 0 Å². The molecule has 1 unspecified atom stereocenters. The summed E-state index contributed by atoms with van der Waals surface area (Å²) in [4.78, 5) is 11.3. The first-order valence-electron chi connectivity index (χ1n) is 7.14. The van der Waals surface area contributed by atoms with Gasteiger partial charge in [-0.1, -0.05) is 19.8 Å². The van der Waals surface area contributed by atoms with Crippen molar-refractivity contribution in [1.29, 1.82) is 0 Å². The highest BCUT2D eigenvalue weighted by molar-refractivity contribution is 5.42. The first-order chi connectivity index (χ1) is 8.79. The molecule has 1 aromatic heterocycles. The molecule has 1 fully saturated rings. The molecule has 4 nitrogen and oxygen atoms in total. The third kappa shape index (κ3) is 3.59. The fourth-order valence-corrected chi connectivity index (χ4v) is 2.22. The molecule has 0 radical (unpaired) electrons. The van der Waals surface area contributed by atoms with Crippen LogP contribution in [0.4, 0.5) is 11.8 Å². The van der Waals surface area contributed by atoms with E-state index in [1.807, 2.05) is 12.3 Å². The van der Waals surface area contributed by atoms with Crippen LogP contribution < -0.4 is 10.2 Å². The highest BCUT2D eigenvalue weighted by Crippen LogP contribution is 2.18. The molecule has 1 aromatic rings. The molecule has 1 aliphatic heterocycles. The van der Waals surface area contributed by atoms with Gasteiger partial charge in [-0.25, -0.2) is 4.98 Å². The lowest BCUT2D eigenvalue weighted by Gasteiger charge is -2.22. The van der Waals surface area contributed by atoms with E-state index in [1.54, 1.807) is 0 Å². The summed E-state index contributed by atoms with van der Waals surface area (Å²) in [5.41, 5.74) is 0. The second-order valence-corrected chi connectivity index (χ2v) is 5.09. The molecule has 0 aliphatic carbocycles. The zero-order valence-electron chi connectivity index (χ0n) is 11.5.